The van der Waals surface area contributed by atoms with E-state index in [0.29, 0.717) is 0 Å². The van der Waals surface area contributed by atoms with Crippen LogP contribution in [0.1, 0.15) is 17.3 Å². The maximum Gasteiger partial charge on any atom is 0.272 e. The van der Waals surface area contributed by atoms with Gasteiger partial charge in [0.1, 0.15) is 5.82 Å². The third kappa shape index (κ3) is 4.20. The molecule has 0 fully saturated rings. The lowest BCUT2D eigenvalue weighted by atomic mass is 10.2. The SMILES string of the molecule is CC(=O)NNC(=O)c1cc(S(=O)(=O)N(C)CP)ccc1F. The number of carbonyl (C=O) groups is 2. The summed E-state index contributed by atoms with van der Waals surface area (Å²) in [6.45, 7) is 1.16. The van der Waals surface area contributed by atoms with Crippen LogP contribution in [-0.4, -0.2) is 37.9 Å². The van der Waals surface area contributed by atoms with Gasteiger partial charge < -0.3 is 0 Å². The Morgan fingerprint density at radius 1 is 1.33 bits per heavy atom. The molecule has 0 spiro atoms. The Bertz CT molecular complexity index is 665. The molecule has 0 aliphatic carbocycles. The van der Waals surface area contributed by atoms with Crippen molar-refractivity contribution in [3.05, 3.63) is 29.6 Å². The van der Waals surface area contributed by atoms with Gasteiger partial charge in [-0.2, -0.15) is 4.31 Å². The van der Waals surface area contributed by atoms with Gasteiger partial charge in [0.25, 0.3) is 5.91 Å². The summed E-state index contributed by atoms with van der Waals surface area (Å²) in [6, 6.07) is 2.86. The summed E-state index contributed by atoms with van der Waals surface area (Å²) in [5.41, 5.74) is 3.48. The Morgan fingerprint density at radius 2 is 1.95 bits per heavy atom. The van der Waals surface area contributed by atoms with E-state index in [0.717, 1.165) is 29.4 Å². The first kappa shape index (κ1) is 17.5. The normalized spacial score (nSPS) is 11.3. The van der Waals surface area contributed by atoms with E-state index in [-0.39, 0.29) is 11.2 Å². The Kier molecular flexibility index (Phi) is 5.77. The minimum Gasteiger partial charge on any atom is -0.274 e. The van der Waals surface area contributed by atoms with Crippen LogP contribution in [0.15, 0.2) is 23.1 Å². The van der Waals surface area contributed by atoms with Crippen LogP contribution >= 0.6 is 9.24 Å². The number of hydrogen-bond donors (Lipinski definition) is 2. The van der Waals surface area contributed by atoms with Gasteiger partial charge in [0.15, 0.2) is 0 Å². The first-order valence-corrected chi connectivity index (χ1v) is 7.98. The fourth-order valence-corrected chi connectivity index (χ4v) is 2.98. The fraction of sp³-hybridized carbons (Fsp3) is 0.273. The van der Waals surface area contributed by atoms with Crippen LogP contribution in [0.5, 0.6) is 0 Å². The van der Waals surface area contributed by atoms with Crippen molar-refractivity contribution >= 4 is 31.1 Å². The molecule has 1 aromatic carbocycles. The standard InChI is InChI=1S/C11H15FN3O4PS/c1-7(16)13-14-11(17)9-5-8(3-4-10(9)12)21(18,19)15(2)6-20/h3-5H,6,20H2,1-2H3,(H,13,16)(H,14,17). The molecule has 0 radical (unpaired) electrons. The molecule has 1 rings (SSSR count). The van der Waals surface area contributed by atoms with Crippen molar-refractivity contribution in [2.24, 2.45) is 0 Å². The zero-order valence-electron chi connectivity index (χ0n) is 11.4. The van der Waals surface area contributed by atoms with Crippen molar-refractivity contribution in [1.82, 2.24) is 15.2 Å². The summed E-state index contributed by atoms with van der Waals surface area (Å²) >= 11 is 0. The van der Waals surface area contributed by atoms with Crippen LogP contribution in [0.4, 0.5) is 4.39 Å². The van der Waals surface area contributed by atoms with Crippen LogP contribution in [0.2, 0.25) is 0 Å². The molecular weight excluding hydrogens is 320 g/mol. The molecule has 1 unspecified atom stereocenters. The van der Waals surface area contributed by atoms with Crippen molar-refractivity contribution in [3.8, 4) is 0 Å². The van der Waals surface area contributed by atoms with E-state index in [1.807, 2.05) is 10.9 Å². The van der Waals surface area contributed by atoms with Gasteiger partial charge >= 0.3 is 0 Å². The van der Waals surface area contributed by atoms with E-state index in [4.69, 9.17) is 0 Å². The molecule has 0 aliphatic rings. The van der Waals surface area contributed by atoms with Crippen molar-refractivity contribution in [2.75, 3.05) is 13.3 Å². The van der Waals surface area contributed by atoms with Gasteiger partial charge in [0.2, 0.25) is 15.9 Å². The number of hydrogen-bond acceptors (Lipinski definition) is 4. The van der Waals surface area contributed by atoms with Gasteiger partial charge in [0, 0.05) is 20.3 Å². The van der Waals surface area contributed by atoms with Crippen LogP contribution in [0.3, 0.4) is 0 Å². The maximum atomic E-state index is 13.6. The summed E-state index contributed by atoms with van der Waals surface area (Å²) in [7, 11) is -0.219. The highest BCUT2D eigenvalue weighted by atomic mass is 32.2. The summed E-state index contributed by atoms with van der Waals surface area (Å²) < 4.78 is 38.9. The van der Waals surface area contributed by atoms with Gasteiger partial charge in [0.05, 0.1) is 10.5 Å². The number of hydrazine groups is 1. The maximum absolute atomic E-state index is 13.6. The zero-order valence-corrected chi connectivity index (χ0v) is 13.4. The van der Waals surface area contributed by atoms with E-state index >= 15 is 0 Å². The minimum absolute atomic E-state index is 0.146. The number of benzene rings is 1. The lowest BCUT2D eigenvalue weighted by Gasteiger charge is -2.15. The van der Waals surface area contributed by atoms with E-state index < -0.39 is 33.2 Å². The van der Waals surface area contributed by atoms with Crippen LogP contribution < -0.4 is 10.9 Å². The summed E-state index contributed by atoms with van der Waals surface area (Å²) in [5.74, 6) is -2.39. The van der Waals surface area contributed by atoms with Crippen molar-refractivity contribution in [1.29, 1.82) is 0 Å². The molecule has 0 aromatic heterocycles. The zero-order chi connectivity index (χ0) is 16.2. The highest BCUT2D eigenvalue weighted by Gasteiger charge is 2.22. The highest BCUT2D eigenvalue weighted by molar-refractivity contribution is 7.89. The van der Waals surface area contributed by atoms with Gasteiger partial charge in [-0.05, 0) is 18.2 Å². The van der Waals surface area contributed by atoms with Crippen LogP contribution in [-0.2, 0) is 14.8 Å². The highest BCUT2D eigenvalue weighted by Crippen LogP contribution is 2.18. The number of carbonyl (C=O) groups excluding carboxylic acids is 2. The molecule has 0 saturated carbocycles. The number of halogens is 1. The molecule has 7 nitrogen and oxygen atoms in total. The summed E-state index contributed by atoms with van der Waals surface area (Å²) in [4.78, 5) is 22.2. The van der Waals surface area contributed by atoms with E-state index in [9.17, 15) is 22.4 Å². The lowest BCUT2D eigenvalue weighted by Crippen LogP contribution is -2.40. The molecule has 2 amide bonds. The third-order valence-corrected chi connectivity index (χ3v) is 5.13. The summed E-state index contributed by atoms with van der Waals surface area (Å²) in [6.07, 6.45) is 0.146. The molecule has 0 bridgehead atoms. The molecular formula is C11H15FN3O4PS. The molecule has 0 saturated heterocycles. The molecule has 1 aromatic rings. The van der Waals surface area contributed by atoms with Gasteiger partial charge in [-0.15, -0.1) is 9.24 Å². The van der Waals surface area contributed by atoms with Crippen molar-refractivity contribution < 1.29 is 22.4 Å². The van der Waals surface area contributed by atoms with Crippen LogP contribution in [0.25, 0.3) is 0 Å². The van der Waals surface area contributed by atoms with E-state index in [1.54, 1.807) is 0 Å². The number of rotatable bonds is 4. The molecule has 0 aliphatic heterocycles. The average Bonchev–Trinajstić information content (AvgIpc) is 2.43. The quantitative estimate of drug-likeness (QED) is 0.601. The van der Waals surface area contributed by atoms with Gasteiger partial charge in [-0.25, -0.2) is 12.8 Å². The minimum atomic E-state index is -3.81. The second-order valence-electron chi connectivity index (χ2n) is 4.06. The topological polar surface area (TPSA) is 95.6 Å². The Hall–Kier alpha value is -1.57. The first-order chi connectivity index (χ1) is 9.70. The smallest absolute Gasteiger partial charge is 0.272 e. The molecule has 21 heavy (non-hydrogen) atoms. The van der Waals surface area contributed by atoms with Crippen molar-refractivity contribution in [2.45, 2.75) is 11.8 Å². The molecule has 1 atom stereocenters. The molecule has 116 valence electrons. The molecule has 2 N–H and O–H groups in total. The van der Waals surface area contributed by atoms with Gasteiger partial charge in [-0.1, -0.05) is 0 Å². The second kappa shape index (κ2) is 6.93. The number of nitrogens with one attached hydrogen (secondary N) is 2. The van der Waals surface area contributed by atoms with Gasteiger partial charge in [-0.3, -0.25) is 20.4 Å². The monoisotopic (exact) mass is 335 g/mol. The first-order valence-electron chi connectivity index (χ1n) is 5.73. The predicted molar refractivity (Wildman–Crippen MR) is 77.2 cm³/mol. The largest absolute Gasteiger partial charge is 0.274 e. The Morgan fingerprint density at radius 3 is 2.48 bits per heavy atom. The average molecular weight is 335 g/mol. The molecule has 10 heteroatoms. The predicted octanol–water partition coefficient (Wildman–Crippen LogP) is 0.0597. The van der Waals surface area contributed by atoms with E-state index in [1.165, 1.54) is 7.05 Å². The Balaban J connectivity index is 3.17. The third-order valence-electron chi connectivity index (χ3n) is 2.50. The fourth-order valence-electron chi connectivity index (χ4n) is 1.33. The lowest BCUT2D eigenvalue weighted by molar-refractivity contribution is -0.119. The number of amides is 2. The number of nitrogens with zero attached hydrogens (tertiary/aromatic N) is 1. The van der Waals surface area contributed by atoms with Crippen molar-refractivity contribution in [3.63, 3.8) is 0 Å². The Labute approximate surface area is 124 Å². The summed E-state index contributed by atoms with van der Waals surface area (Å²) in [5, 5.41) is 0. The van der Waals surface area contributed by atoms with E-state index in [2.05, 4.69) is 9.24 Å². The molecule has 0 heterocycles. The van der Waals surface area contributed by atoms with Crippen LogP contribution in [0, 0.1) is 5.82 Å². The number of sulfonamides is 1. The second-order valence-corrected chi connectivity index (χ2v) is 6.47.